The van der Waals surface area contributed by atoms with Crippen molar-refractivity contribution in [3.63, 3.8) is 0 Å². The van der Waals surface area contributed by atoms with Crippen LogP contribution in [-0.4, -0.2) is 37.9 Å². The van der Waals surface area contributed by atoms with Crippen molar-refractivity contribution in [1.29, 1.82) is 0 Å². The molecule has 2 N–H and O–H groups in total. The molecule has 0 spiro atoms. The van der Waals surface area contributed by atoms with Gasteiger partial charge in [0.15, 0.2) is 0 Å². The van der Waals surface area contributed by atoms with Crippen LogP contribution in [0.3, 0.4) is 0 Å². The third kappa shape index (κ3) is 49.2. The van der Waals surface area contributed by atoms with Gasteiger partial charge < -0.3 is 10.6 Å². The molecule has 0 saturated heterocycles. The topological polar surface area (TPSA) is 41.6 Å². The van der Waals surface area contributed by atoms with Crippen molar-refractivity contribution in [3.8, 4) is 0 Å². The molecule has 0 aromatic carbocycles. The number of allylic oxidation sites excluding steroid dienone is 4. The number of nitrogens with zero attached hydrogens (tertiary/aromatic N) is 2. The van der Waals surface area contributed by atoms with Gasteiger partial charge in [-0.1, -0.05) is 270 Å². The van der Waals surface area contributed by atoms with Gasteiger partial charge in [-0.15, -0.1) is 0 Å². The molecule has 0 aromatic rings. The van der Waals surface area contributed by atoms with E-state index in [1.54, 1.807) is 11.1 Å². The van der Waals surface area contributed by atoms with Crippen LogP contribution in [0.25, 0.3) is 0 Å². The number of aliphatic imine (C=N–C) groups is 1. The van der Waals surface area contributed by atoms with E-state index in [-0.39, 0.29) is 0 Å². The number of rotatable bonds is 53. The van der Waals surface area contributed by atoms with Crippen molar-refractivity contribution in [3.05, 3.63) is 23.3 Å². The third-order valence-electron chi connectivity index (χ3n) is 14.5. The van der Waals surface area contributed by atoms with Crippen LogP contribution in [0.4, 0.5) is 0 Å². The first-order valence-electron chi connectivity index (χ1n) is 30.2. The maximum atomic E-state index is 6.52. The Morgan fingerprint density at radius 1 is 0.415 bits per heavy atom. The van der Waals surface area contributed by atoms with E-state index in [1.807, 2.05) is 0 Å². The molecule has 0 amide bonds. The van der Waals surface area contributed by atoms with E-state index in [4.69, 9.17) is 10.7 Å². The molecule has 0 radical (unpaired) electrons. The first kappa shape index (κ1) is 63.9. The summed E-state index contributed by atoms with van der Waals surface area (Å²) in [5.74, 6) is 1.78. The Balaban J connectivity index is 4.83. The number of amidine groups is 1. The standard InChI is InChI=1S/C62H123N3/c1-8-11-14-17-20-23-24-25-26-27-28-29-31-34-40-45-52-61(57-58(4)56-59(5)62(63)64-54-47-48-55-65(6)7)53-46-41-36-35-39-44-51-60(49-42-37-32-22-19-16-13-10-3)50-43-38-33-30-21-18-15-12-9-2/h51,57-59H,8-50,52-56H2,1-7H3,(H2,63,64). The van der Waals surface area contributed by atoms with Gasteiger partial charge >= 0.3 is 0 Å². The SMILES string of the molecule is CCCCCCCCCCCCCCCCCCC(=CC(C)CC(C)C(N)=NCCCCN(C)C)CCCCCCCC=C(CCCCCCCCCC)CCCCCCCCCCC. The molecule has 0 heterocycles. The van der Waals surface area contributed by atoms with E-state index < -0.39 is 0 Å². The Morgan fingerprint density at radius 3 is 1.09 bits per heavy atom. The highest BCUT2D eigenvalue weighted by Crippen LogP contribution is 2.25. The zero-order valence-electron chi connectivity index (χ0n) is 46.2. The molecule has 3 heteroatoms. The molecule has 2 unspecified atom stereocenters. The first-order valence-corrected chi connectivity index (χ1v) is 30.2. The fraction of sp³-hybridized carbons (Fsp3) is 0.919. The molecule has 0 saturated carbocycles. The molecule has 0 rings (SSSR count). The van der Waals surface area contributed by atoms with Gasteiger partial charge in [-0.2, -0.15) is 0 Å². The molecule has 2 atom stereocenters. The monoisotopic (exact) mass is 910 g/mol. The molecule has 65 heavy (non-hydrogen) atoms. The summed E-state index contributed by atoms with van der Waals surface area (Å²) in [6.45, 7) is 13.7. The molecule has 386 valence electrons. The van der Waals surface area contributed by atoms with Crippen molar-refractivity contribution in [2.24, 2.45) is 22.6 Å². The van der Waals surface area contributed by atoms with Gasteiger partial charge in [0.25, 0.3) is 0 Å². The minimum Gasteiger partial charge on any atom is -0.387 e. The smallest absolute Gasteiger partial charge is 0.0965 e. The average molecular weight is 911 g/mol. The van der Waals surface area contributed by atoms with E-state index >= 15 is 0 Å². The van der Waals surface area contributed by atoms with Gasteiger partial charge in [0.05, 0.1) is 5.84 Å². The summed E-state index contributed by atoms with van der Waals surface area (Å²) in [7, 11) is 4.30. The van der Waals surface area contributed by atoms with Crippen LogP contribution in [0.5, 0.6) is 0 Å². The summed E-state index contributed by atoms with van der Waals surface area (Å²) in [6, 6.07) is 0. The highest BCUT2D eigenvalue weighted by molar-refractivity contribution is 5.82. The van der Waals surface area contributed by atoms with Crippen LogP contribution >= 0.6 is 0 Å². The summed E-state index contributed by atoms with van der Waals surface area (Å²) in [4.78, 5) is 7.05. The second kappa shape index (κ2) is 52.3. The molecule has 3 nitrogen and oxygen atoms in total. The lowest BCUT2D eigenvalue weighted by Gasteiger charge is -2.17. The normalized spacial score (nSPS) is 13.7. The first-order chi connectivity index (χ1) is 31.8. The van der Waals surface area contributed by atoms with Crippen LogP contribution < -0.4 is 5.73 Å². The quantitative estimate of drug-likeness (QED) is 0.0286. The van der Waals surface area contributed by atoms with Crippen molar-refractivity contribution in [2.45, 2.75) is 330 Å². The second-order valence-corrected chi connectivity index (χ2v) is 21.8. The molecule has 0 aliphatic rings. The largest absolute Gasteiger partial charge is 0.387 e. The Kier molecular flexibility index (Phi) is 51.4. The van der Waals surface area contributed by atoms with E-state index in [9.17, 15) is 0 Å². The maximum absolute atomic E-state index is 6.52. The van der Waals surface area contributed by atoms with Crippen LogP contribution in [0.15, 0.2) is 28.3 Å². The molecular formula is C62H123N3. The Labute approximate surface area is 412 Å². The minimum atomic E-state index is 0.354. The van der Waals surface area contributed by atoms with Crippen LogP contribution in [0.2, 0.25) is 0 Å². The van der Waals surface area contributed by atoms with Crippen molar-refractivity contribution >= 4 is 5.84 Å². The Bertz CT molecular complexity index is 1020. The van der Waals surface area contributed by atoms with E-state index in [1.165, 1.54) is 283 Å². The van der Waals surface area contributed by atoms with Crippen molar-refractivity contribution < 1.29 is 0 Å². The molecule has 0 aliphatic heterocycles. The van der Waals surface area contributed by atoms with Gasteiger partial charge in [-0.05, 0) is 110 Å². The minimum absolute atomic E-state index is 0.354. The molecule has 0 aromatic heterocycles. The molecule has 0 bridgehead atoms. The third-order valence-corrected chi connectivity index (χ3v) is 14.5. The number of hydrogen-bond donors (Lipinski definition) is 1. The van der Waals surface area contributed by atoms with E-state index in [2.05, 4.69) is 65.8 Å². The fourth-order valence-electron chi connectivity index (χ4n) is 10.1. The van der Waals surface area contributed by atoms with Gasteiger partial charge in [-0.25, -0.2) is 0 Å². The van der Waals surface area contributed by atoms with Crippen LogP contribution in [0, 0.1) is 11.8 Å². The number of unbranched alkanes of at least 4 members (excludes halogenated alkanes) is 36. The van der Waals surface area contributed by atoms with Crippen molar-refractivity contribution in [2.75, 3.05) is 27.2 Å². The lowest BCUT2D eigenvalue weighted by Crippen LogP contribution is -2.23. The predicted octanol–water partition coefficient (Wildman–Crippen LogP) is 21.0. The Morgan fingerprint density at radius 2 is 0.738 bits per heavy atom. The lowest BCUT2D eigenvalue weighted by atomic mass is 9.91. The molecule has 0 fully saturated rings. The van der Waals surface area contributed by atoms with E-state index in [0.717, 1.165) is 31.8 Å². The lowest BCUT2D eigenvalue weighted by molar-refractivity contribution is 0.395. The summed E-state index contributed by atoms with van der Waals surface area (Å²) in [5, 5.41) is 0. The van der Waals surface area contributed by atoms with Gasteiger partial charge in [0, 0.05) is 12.5 Å². The summed E-state index contributed by atoms with van der Waals surface area (Å²) < 4.78 is 0. The van der Waals surface area contributed by atoms with Gasteiger partial charge in [0.1, 0.15) is 0 Å². The predicted molar refractivity (Wildman–Crippen MR) is 299 cm³/mol. The van der Waals surface area contributed by atoms with E-state index in [0.29, 0.717) is 11.8 Å². The maximum Gasteiger partial charge on any atom is 0.0965 e. The molecular weight excluding hydrogens is 787 g/mol. The number of nitrogens with two attached hydrogens (primary N) is 1. The summed E-state index contributed by atoms with van der Waals surface area (Å²) in [6.07, 6.45) is 69.8. The zero-order chi connectivity index (χ0) is 47.5. The fourth-order valence-corrected chi connectivity index (χ4v) is 10.1. The van der Waals surface area contributed by atoms with Gasteiger partial charge in [0.2, 0.25) is 0 Å². The second-order valence-electron chi connectivity index (χ2n) is 21.8. The summed E-state index contributed by atoms with van der Waals surface area (Å²) in [5.41, 5.74) is 10.1. The highest BCUT2D eigenvalue weighted by atomic mass is 15.0. The average Bonchev–Trinajstić information content (AvgIpc) is 3.29. The zero-order valence-corrected chi connectivity index (χ0v) is 46.2. The Hall–Kier alpha value is -1.09. The number of hydrogen-bond acceptors (Lipinski definition) is 2. The van der Waals surface area contributed by atoms with Crippen LogP contribution in [0.1, 0.15) is 330 Å². The van der Waals surface area contributed by atoms with Crippen LogP contribution in [-0.2, 0) is 0 Å². The highest BCUT2D eigenvalue weighted by Gasteiger charge is 2.12. The summed E-state index contributed by atoms with van der Waals surface area (Å²) >= 11 is 0. The molecule has 0 aliphatic carbocycles. The van der Waals surface area contributed by atoms with Gasteiger partial charge in [-0.3, -0.25) is 4.99 Å². The van der Waals surface area contributed by atoms with Crippen molar-refractivity contribution in [1.82, 2.24) is 4.90 Å².